The molecule has 0 saturated carbocycles. The molecular formula is C12H13N5O. The highest BCUT2D eigenvalue weighted by molar-refractivity contribution is 6.02. The number of nitrogens with two attached hydrogens (primary N) is 1. The molecule has 0 spiro atoms. The molecule has 2 heterocycles. The molecule has 0 radical (unpaired) electrons. The van der Waals surface area contributed by atoms with Gasteiger partial charge in [0.05, 0.1) is 5.69 Å². The maximum absolute atomic E-state index is 11.9. The number of nitrogens with one attached hydrogen (secondary N) is 2. The first-order valence-electron chi connectivity index (χ1n) is 5.36. The highest BCUT2D eigenvalue weighted by Crippen LogP contribution is 2.10. The van der Waals surface area contributed by atoms with Crippen molar-refractivity contribution in [3.8, 4) is 0 Å². The van der Waals surface area contributed by atoms with E-state index in [-0.39, 0.29) is 11.6 Å². The molecule has 0 saturated heterocycles. The number of hydrogen-bond acceptors (Lipinski definition) is 5. The monoisotopic (exact) mass is 243 g/mol. The van der Waals surface area contributed by atoms with Gasteiger partial charge in [0, 0.05) is 12.4 Å². The van der Waals surface area contributed by atoms with Crippen molar-refractivity contribution < 1.29 is 4.79 Å². The van der Waals surface area contributed by atoms with Gasteiger partial charge >= 0.3 is 0 Å². The quantitative estimate of drug-likeness (QED) is 0.558. The smallest absolute Gasteiger partial charge is 0.275 e. The van der Waals surface area contributed by atoms with Crippen LogP contribution in [0.15, 0.2) is 36.7 Å². The van der Waals surface area contributed by atoms with Gasteiger partial charge in [0.1, 0.15) is 11.5 Å². The molecule has 0 bridgehead atoms. The zero-order valence-electron chi connectivity index (χ0n) is 9.84. The van der Waals surface area contributed by atoms with Crippen LogP contribution in [0.25, 0.3) is 0 Å². The first-order valence-corrected chi connectivity index (χ1v) is 5.36. The van der Waals surface area contributed by atoms with Gasteiger partial charge in [0.25, 0.3) is 5.91 Å². The number of nitrogen functional groups attached to an aromatic ring is 1. The van der Waals surface area contributed by atoms with Crippen molar-refractivity contribution >= 4 is 17.4 Å². The normalized spacial score (nSPS) is 9.89. The maximum atomic E-state index is 11.9. The average Bonchev–Trinajstić information content (AvgIpc) is 2.39. The predicted octanol–water partition coefficient (Wildman–Crippen LogP) is 1.32. The number of hydrogen-bond donors (Lipinski definition) is 3. The van der Waals surface area contributed by atoms with E-state index in [0.717, 1.165) is 5.56 Å². The number of rotatable bonds is 3. The van der Waals surface area contributed by atoms with Crippen LogP contribution in [-0.4, -0.2) is 15.9 Å². The van der Waals surface area contributed by atoms with E-state index in [4.69, 9.17) is 5.84 Å². The van der Waals surface area contributed by atoms with E-state index in [9.17, 15) is 4.79 Å². The fourth-order valence-corrected chi connectivity index (χ4v) is 1.43. The van der Waals surface area contributed by atoms with E-state index >= 15 is 0 Å². The van der Waals surface area contributed by atoms with Crippen molar-refractivity contribution in [2.24, 2.45) is 5.84 Å². The molecule has 18 heavy (non-hydrogen) atoms. The van der Waals surface area contributed by atoms with Crippen molar-refractivity contribution in [1.29, 1.82) is 0 Å². The highest BCUT2D eigenvalue weighted by Gasteiger charge is 2.08. The van der Waals surface area contributed by atoms with Crippen molar-refractivity contribution in [2.45, 2.75) is 6.92 Å². The minimum absolute atomic E-state index is 0.272. The number of anilines is 2. The Morgan fingerprint density at radius 2 is 2.00 bits per heavy atom. The molecule has 1 amide bonds. The van der Waals surface area contributed by atoms with E-state index in [1.807, 2.05) is 13.0 Å². The van der Waals surface area contributed by atoms with Gasteiger partial charge in [0.15, 0.2) is 0 Å². The molecule has 2 rings (SSSR count). The van der Waals surface area contributed by atoms with Crippen LogP contribution in [-0.2, 0) is 0 Å². The fraction of sp³-hybridized carbons (Fsp3) is 0.0833. The van der Waals surface area contributed by atoms with E-state index in [2.05, 4.69) is 20.7 Å². The van der Waals surface area contributed by atoms with Crippen LogP contribution >= 0.6 is 0 Å². The van der Waals surface area contributed by atoms with Crippen molar-refractivity contribution in [2.75, 3.05) is 10.7 Å². The number of carbonyl (C=O) groups excluding carboxylic acids is 1. The van der Waals surface area contributed by atoms with Crippen LogP contribution in [0.4, 0.5) is 11.5 Å². The first-order chi connectivity index (χ1) is 8.69. The summed E-state index contributed by atoms with van der Waals surface area (Å²) >= 11 is 0. The number of hydrazine groups is 1. The van der Waals surface area contributed by atoms with Gasteiger partial charge < -0.3 is 10.7 Å². The molecule has 0 aliphatic rings. The summed E-state index contributed by atoms with van der Waals surface area (Å²) in [6.45, 7) is 1.93. The first kappa shape index (κ1) is 12.0. The zero-order valence-corrected chi connectivity index (χ0v) is 9.84. The highest BCUT2D eigenvalue weighted by atomic mass is 16.1. The SMILES string of the molecule is Cc1ccnc(NC(=O)c2cc(NN)ccn2)c1. The lowest BCUT2D eigenvalue weighted by Gasteiger charge is -2.05. The molecule has 2 aromatic rings. The Hall–Kier alpha value is -2.47. The molecule has 0 unspecified atom stereocenters. The summed E-state index contributed by atoms with van der Waals surface area (Å²) in [5.74, 6) is 5.43. The third kappa shape index (κ3) is 2.80. The summed E-state index contributed by atoms with van der Waals surface area (Å²) in [7, 11) is 0. The molecule has 0 atom stereocenters. The third-order valence-corrected chi connectivity index (χ3v) is 2.32. The molecule has 6 heteroatoms. The van der Waals surface area contributed by atoms with Gasteiger partial charge in [0.2, 0.25) is 0 Å². The molecule has 2 aromatic heterocycles. The van der Waals surface area contributed by atoms with E-state index in [0.29, 0.717) is 11.5 Å². The van der Waals surface area contributed by atoms with Gasteiger partial charge in [-0.2, -0.15) is 0 Å². The number of aromatic nitrogens is 2. The topological polar surface area (TPSA) is 92.9 Å². The molecule has 92 valence electrons. The van der Waals surface area contributed by atoms with Crippen LogP contribution in [0.1, 0.15) is 16.1 Å². The second kappa shape index (κ2) is 5.24. The average molecular weight is 243 g/mol. The Balaban J connectivity index is 2.16. The van der Waals surface area contributed by atoms with Crippen molar-refractivity contribution in [3.05, 3.63) is 47.9 Å². The predicted molar refractivity (Wildman–Crippen MR) is 69.0 cm³/mol. The Morgan fingerprint density at radius 3 is 2.72 bits per heavy atom. The maximum Gasteiger partial charge on any atom is 0.275 e. The van der Waals surface area contributed by atoms with E-state index in [1.165, 1.54) is 6.20 Å². The summed E-state index contributed by atoms with van der Waals surface area (Å²) in [6, 6.07) is 6.86. The standard InChI is InChI=1S/C12H13N5O/c1-8-2-4-15-11(6-8)16-12(18)10-7-9(17-13)3-5-14-10/h2-7H,13H2,1H3,(H,14,17)(H,15,16,18). The molecule has 4 N–H and O–H groups in total. The lowest BCUT2D eigenvalue weighted by molar-refractivity contribution is 0.102. The van der Waals surface area contributed by atoms with Crippen molar-refractivity contribution in [1.82, 2.24) is 9.97 Å². The number of nitrogens with zero attached hydrogens (tertiary/aromatic N) is 2. The van der Waals surface area contributed by atoms with Crippen LogP contribution < -0.4 is 16.6 Å². The third-order valence-electron chi connectivity index (χ3n) is 2.32. The molecule has 0 aliphatic carbocycles. The van der Waals surface area contributed by atoms with Gasteiger partial charge in [-0.1, -0.05) is 0 Å². The number of amides is 1. The fourth-order valence-electron chi connectivity index (χ4n) is 1.43. The van der Waals surface area contributed by atoms with Crippen LogP contribution in [0, 0.1) is 6.92 Å². The largest absolute Gasteiger partial charge is 0.324 e. The molecule has 0 aliphatic heterocycles. The second-order valence-electron chi connectivity index (χ2n) is 3.75. The summed E-state index contributed by atoms with van der Waals surface area (Å²) in [5, 5.41) is 2.67. The van der Waals surface area contributed by atoms with Gasteiger partial charge in [-0.05, 0) is 36.8 Å². The Bertz CT molecular complexity index is 570. The van der Waals surface area contributed by atoms with Gasteiger partial charge in [-0.15, -0.1) is 0 Å². The summed E-state index contributed by atoms with van der Waals surface area (Å²) in [4.78, 5) is 19.9. The Morgan fingerprint density at radius 1 is 1.22 bits per heavy atom. The minimum atomic E-state index is -0.329. The molecule has 0 aromatic carbocycles. The van der Waals surface area contributed by atoms with E-state index in [1.54, 1.807) is 24.4 Å². The van der Waals surface area contributed by atoms with Gasteiger partial charge in [-0.3, -0.25) is 15.6 Å². The minimum Gasteiger partial charge on any atom is -0.324 e. The Labute approximate surface area is 104 Å². The number of aryl methyl sites for hydroxylation is 1. The lowest BCUT2D eigenvalue weighted by atomic mass is 10.3. The Kier molecular flexibility index (Phi) is 3.49. The molecular weight excluding hydrogens is 230 g/mol. The molecule has 6 nitrogen and oxygen atoms in total. The summed E-state index contributed by atoms with van der Waals surface area (Å²) in [6.07, 6.45) is 3.14. The number of pyridine rings is 2. The van der Waals surface area contributed by atoms with Crippen LogP contribution in [0.2, 0.25) is 0 Å². The summed E-state index contributed by atoms with van der Waals surface area (Å²) < 4.78 is 0. The number of carbonyl (C=O) groups is 1. The van der Waals surface area contributed by atoms with E-state index < -0.39 is 0 Å². The zero-order chi connectivity index (χ0) is 13.0. The molecule has 0 fully saturated rings. The van der Waals surface area contributed by atoms with Crippen LogP contribution in [0.3, 0.4) is 0 Å². The van der Waals surface area contributed by atoms with Gasteiger partial charge in [-0.25, -0.2) is 4.98 Å². The van der Waals surface area contributed by atoms with Crippen LogP contribution in [0.5, 0.6) is 0 Å². The summed E-state index contributed by atoms with van der Waals surface area (Å²) in [5.41, 5.74) is 4.37. The lowest BCUT2D eigenvalue weighted by Crippen LogP contribution is -2.15. The van der Waals surface area contributed by atoms with Crippen molar-refractivity contribution in [3.63, 3.8) is 0 Å². The second-order valence-corrected chi connectivity index (χ2v) is 3.75.